The largest absolute Gasteiger partial charge is 0.351 e. The highest BCUT2D eigenvalue weighted by atomic mass is 28.3. The van der Waals surface area contributed by atoms with Crippen LogP contribution in [0.15, 0.2) is 54.5 Å². The molecular weight excluding hydrogens is 467 g/mol. The van der Waals surface area contributed by atoms with Crippen molar-refractivity contribution in [2.45, 2.75) is 51.4 Å². The fraction of sp³-hybridized carbons (Fsp3) is 0.286. The van der Waals surface area contributed by atoms with Gasteiger partial charge in [0.2, 0.25) is 5.95 Å². The Morgan fingerprint density at radius 2 is 1.97 bits per heavy atom. The number of halogens is 1. The molecule has 0 saturated carbocycles. The van der Waals surface area contributed by atoms with Crippen molar-refractivity contribution in [3.05, 3.63) is 77.0 Å². The van der Waals surface area contributed by atoms with Gasteiger partial charge < -0.3 is 5.32 Å². The third-order valence-corrected chi connectivity index (χ3v) is 7.53. The van der Waals surface area contributed by atoms with E-state index in [0.717, 1.165) is 31.2 Å². The summed E-state index contributed by atoms with van der Waals surface area (Å²) in [6.07, 6.45) is 8.56. The lowest BCUT2D eigenvalue weighted by molar-refractivity contribution is 0.621. The summed E-state index contributed by atoms with van der Waals surface area (Å²) in [5.41, 5.74) is 11.1. The molecule has 0 amide bonds. The molecule has 6 rings (SSSR count). The van der Waals surface area contributed by atoms with Crippen LogP contribution in [0.3, 0.4) is 0 Å². The molecule has 0 radical (unpaired) electrons. The van der Waals surface area contributed by atoms with Gasteiger partial charge in [0.05, 0.1) is 18.0 Å². The van der Waals surface area contributed by atoms with E-state index in [-0.39, 0.29) is 6.04 Å². The lowest BCUT2D eigenvalue weighted by atomic mass is 9.88. The van der Waals surface area contributed by atoms with Crippen LogP contribution in [0.25, 0.3) is 22.6 Å². The molecule has 3 aromatic heterocycles. The van der Waals surface area contributed by atoms with Gasteiger partial charge in [-0.15, -0.1) is 5.54 Å². The average Bonchev–Trinajstić information content (AvgIpc) is 3.43. The standard InChI is InChI=1S/C28H27FN6Si/c1-36(2,3)11-10-20-16-31-35-27(20)33-26(21-13-22(29)17-30-15-21)34-28(35)32-23-9-8-19-12-18-6-4-5-7-24(18)25(19)14-23/h4-7,13,15-17,23H,8-9,12,14H2,1-3H3,(H,32,33,34)/t23-/m1/s1. The van der Waals surface area contributed by atoms with Crippen LogP contribution in [0.5, 0.6) is 0 Å². The predicted molar refractivity (Wildman–Crippen MR) is 143 cm³/mol. The summed E-state index contributed by atoms with van der Waals surface area (Å²) in [4.78, 5) is 13.5. The molecule has 0 fully saturated rings. The van der Waals surface area contributed by atoms with Crippen molar-refractivity contribution >= 4 is 25.2 Å². The van der Waals surface area contributed by atoms with E-state index >= 15 is 0 Å². The zero-order valence-electron chi connectivity index (χ0n) is 20.6. The fourth-order valence-corrected chi connectivity index (χ4v) is 5.48. The highest BCUT2D eigenvalue weighted by Crippen LogP contribution is 2.42. The smallest absolute Gasteiger partial charge is 0.228 e. The lowest BCUT2D eigenvalue weighted by Crippen LogP contribution is -2.25. The summed E-state index contributed by atoms with van der Waals surface area (Å²) in [5.74, 6) is 3.84. The molecule has 0 aliphatic heterocycles. The minimum absolute atomic E-state index is 0.201. The Balaban J connectivity index is 1.39. The minimum atomic E-state index is -1.60. The highest BCUT2D eigenvalue weighted by molar-refractivity contribution is 6.83. The molecule has 2 aliphatic carbocycles. The number of nitrogens with zero attached hydrogens (tertiary/aromatic N) is 5. The van der Waals surface area contributed by atoms with Crippen LogP contribution in [0.2, 0.25) is 19.6 Å². The van der Waals surface area contributed by atoms with Crippen molar-refractivity contribution in [2.24, 2.45) is 0 Å². The molecule has 0 saturated heterocycles. The van der Waals surface area contributed by atoms with Crippen molar-refractivity contribution in [3.63, 3.8) is 0 Å². The maximum atomic E-state index is 14.0. The van der Waals surface area contributed by atoms with Gasteiger partial charge >= 0.3 is 0 Å². The Hall–Kier alpha value is -3.83. The first-order valence-electron chi connectivity index (χ1n) is 12.3. The van der Waals surface area contributed by atoms with Crippen molar-refractivity contribution in [1.82, 2.24) is 24.6 Å². The number of anilines is 1. The molecule has 3 heterocycles. The van der Waals surface area contributed by atoms with Gasteiger partial charge in [0.1, 0.15) is 13.9 Å². The summed E-state index contributed by atoms with van der Waals surface area (Å²) in [6, 6.07) is 10.3. The van der Waals surface area contributed by atoms with Crippen LogP contribution >= 0.6 is 0 Å². The van der Waals surface area contributed by atoms with E-state index in [1.807, 2.05) is 0 Å². The van der Waals surface area contributed by atoms with E-state index in [9.17, 15) is 4.39 Å². The normalized spacial score (nSPS) is 16.9. The first kappa shape index (κ1) is 22.6. The van der Waals surface area contributed by atoms with E-state index in [1.54, 1.807) is 22.5 Å². The van der Waals surface area contributed by atoms with Gasteiger partial charge in [0.15, 0.2) is 11.5 Å². The average molecular weight is 495 g/mol. The zero-order valence-corrected chi connectivity index (χ0v) is 21.6. The molecule has 2 aliphatic rings. The van der Waals surface area contributed by atoms with E-state index < -0.39 is 13.9 Å². The molecular formula is C28H27FN6Si. The Bertz CT molecular complexity index is 1590. The Labute approximate surface area is 210 Å². The summed E-state index contributed by atoms with van der Waals surface area (Å²) >= 11 is 0. The molecule has 6 nitrogen and oxygen atoms in total. The number of rotatable bonds is 3. The number of hydrogen-bond donors (Lipinski definition) is 1. The molecule has 180 valence electrons. The first-order valence-corrected chi connectivity index (χ1v) is 15.8. The van der Waals surface area contributed by atoms with Crippen LogP contribution in [0.4, 0.5) is 10.3 Å². The lowest BCUT2D eigenvalue weighted by Gasteiger charge is -2.26. The number of aromatic nitrogens is 5. The van der Waals surface area contributed by atoms with E-state index in [1.165, 1.54) is 29.0 Å². The number of pyridine rings is 1. The van der Waals surface area contributed by atoms with Gasteiger partial charge in [0.25, 0.3) is 0 Å². The van der Waals surface area contributed by atoms with Crippen molar-refractivity contribution < 1.29 is 4.39 Å². The number of allylic oxidation sites excluding steroid dienone is 1. The minimum Gasteiger partial charge on any atom is -0.351 e. The molecule has 1 aromatic carbocycles. The summed E-state index contributed by atoms with van der Waals surface area (Å²) in [7, 11) is -1.60. The Kier molecular flexibility index (Phi) is 5.45. The predicted octanol–water partition coefficient (Wildman–Crippen LogP) is 5.53. The molecule has 1 atom stereocenters. The van der Waals surface area contributed by atoms with Crippen molar-refractivity contribution in [3.8, 4) is 22.9 Å². The Morgan fingerprint density at radius 3 is 2.81 bits per heavy atom. The van der Waals surface area contributed by atoms with Gasteiger partial charge in [-0.25, -0.2) is 9.37 Å². The second kappa shape index (κ2) is 8.68. The van der Waals surface area contributed by atoms with E-state index in [2.05, 4.69) is 70.8 Å². The molecule has 8 heteroatoms. The van der Waals surface area contributed by atoms with Crippen LogP contribution in [0, 0.1) is 17.3 Å². The molecule has 36 heavy (non-hydrogen) atoms. The van der Waals surface area contributed by atoms with Gasteiger partial charge in [-0.05, 0) is 48.4 Å². The second-order valence-corrected chi connectivity index (χ2v) is 15.3. The van der Waals surface area contributed by atoms with Crippen molar-refractivity contribution in [2.75, 3.05) is 5.32 Å². The molecule has 0 unspecified atom stereocenters. The van der Waals surface area contributed by atoms with Crippen LogP contribution in [-0.2, 0) is 6.42 Å². The Morgan fingerprint density at radius 1 is 1.11 bits per heavy atom. The summed E-state index contributed by atoms with van der Waals surface area (Å²) < 4.78 is 15.7. The molecule has 4 aromatic rings. The summed E-state index contributed by atoms with van der Waals surface area (Å²) in [6.45, 7) is 6.60. The second-order valence-electron chi connectivity index (χ2n) is 10.6. The number of nitrogens with one attached hydrogen (secondary N) is 1. The number of benzene rings is 1. The van der Waals surface area contributed by atoms with Gasteiger partial charge in [-0.2, -0.15) is 14.6 Å². The maximum absolute atomic E-state index is 14.0. The number of fused-ring (bicyclic) bond motifs is 3. The summed E-state index contributed by atoms with van der Waals surface area (Å²) in [5, 5.41) is 8.22. The molecule has 1 N–H and O–H groups in total. The third-order valence-electron chi connectivity index (χ3n) is 6.65. The number of hydrogen-bond acceptors (Lipinski definition) is 5. The van der Waals surface area contributed by atoms with Gasteiger partial charge in [-0.1, -0.05) is 55.4 Å². The zero-order chi connectivity index (χ0) is 24.9. The van der Waals surface area contributed by atoms with Gasteiger partial charge in [0, 0.05) is 17.8 Å². The molecule has 0 bridgehead atoms. The van der Waals surface area contributed by atoms with E-state index in [4.69, 9.17) is 9.97 Å². The SMILES string of the molecule is C[Si](C)(C)C#Cc1cnn2c(N[C@@H]3CCC4=C(C3)c3ccccc3C4)nc(-c3cncc(F)c3)nc12. The first-order chi connectivity index (χ1) is 17.3. The highest BCUT2D eigenvalue weighted by Gasteiger charge is 2.29. The van der Waals surface area contributed by atoms with Crippen LogP contribution in [0.1, 0.15) is 36.0 Å². The van der Waals surface area contributed by atoms with E-state index in [0.29, 0.717) is 23.0 Å². The van der Waals surface area contributed by atoms with Crippen molar-refractivity contribution in [1.29, 1.82) is 0 Å². The molecule has 0 spiro atoms. The topological polar surface area (TPSA) is 68.0 Å². The van der Waals surface area contributed by atoms with Crippen LogP contribution < -0.4 is 5.32 Å². The fourth-order valence-electron chi connectivity index (χ4n) is 4.97. The monoisotopic (exact) mass is 494 g/mol. The van der Waals surface area contributed by atoms with Gasteiger partial charge in [-0.3, -0.25) is 4.98 Å². The van der Waals surface area contributed by atoms with Crippen LogP contribution in [-0.4, -0.2) is 38.7 Å². The quantitative estimate of drug-likeness (QED) is 0.300. The third kappa shape index (κ3) is 4.31. The maximum Gasteiger partial charge on any atom is 0.228 e.